The third-order valence-electron chi connectivity index (χ3n) is 14.1. The number of rotatable bonds is 11. The van der Waals surface area contributed by atoms with Gasteiger partial charge in [0, 0.05) is 11.3 Å². The van der Waals surface area contributed by atoms with E-state index in [9.17, 15) is 0 Å². The molecule has 3 nitrogen and oxygen atoms in total. The highest BCUT2D eigenvalue weighted by atomic mass is 15.2. The van der Waals surface area contributed by atoms with E-state index in [0.717, 1.165) is 50.3 Å². The predicted octanol–water partition coefficient (Wildman–Crippen LogP) is 16.5. The van der Waals surface area contributed by atoms with Crippen LogP contribution < -0.4 is 16.0 Å². The van der Waals surface area contributed by atoms with Crippen molar-refractivity contribution < 1.29 is 0 Å². The summed E-state index contributed by atoms with van der Waals surface area (Å²) < 4.78 is 0. The second kappa shape index (κ2) is 20.1. The molecule has 10 aromatic carbocycles. The van der Waals surface area contributed by atoms with Gasteiger partial charge >= 0.3 is 0 Å². The van der Waals surface area contributed by atoms with Crippen LogP contribution in [0.2, 0.25) is 0 Å². The fourth-order valence-corrected chi connectivity index (χ4v) is 10.5. The standard InChI is InChI=1S/C69H53N3/c1-7-21-48(22-8-1)58-33-19-35-60(45-58)62-47-63(61-36-20-34-59(46-61)49-23-9-2-10-24-49)71-69(70-62)57-43-39-51(40-44-57)50-37-41-54(42-38-50)64-65(52-25-11-3-12-26-52)67(55-29-15-5-16-30-55)72-68(56-31-17-6-18-32-56)66(64)53-27-13-4-14-28-53/h1-47,62,67,69-72H. The molecule has 3 N–H and O–H groups in total. The fraction of sp³-hybridized carbons (Fsp3) is 0.0435. The van der Waals surface area contributed by atoms with Gasteiger partial charge in [0.2, 0.25) is 0 Å². The average molecular weight is 924 g/mol. The zero-order valence-electron chi connectivity index (χ0n) is 39.9. The van der Waals surface area contributed by atoms with E-state index < -0.39 is 0 Å². The van der Waals surface area contributed by atoms with Gasteiger partial charge in [0.25, 0.3) is 0 Å². The number of hydrogen-bond acceptors (Lipinski definition) is 3. The second-order valence-electron chi connectivity index (χ2n) is 18.6. The van der Waals surface area contributed by atoms with Crippen molar-refractivity contribution >= 4 is 28.1 Å². The first-order valence-electron chi connectivity index (χ1n) is 24.9. The number of hydrogen-bond donors (Lipinski definition) is 3. The van der Waals surface area contributed by atoms with Crippen molar-refractivity contribution in [1.29, 1.82) is 0 Å². The smallest absolute Gasteiger partial charge is 0.104 e. The van der Waals surface area contributed by atoms with E-state index in [1.165, 1.54) is 55.7 Å². The topological polar surface area (TPSA) is 36.1 Å². The van der Waals surface area contributed by atoms with Crippen molar-refractivity contribution in [3.63, 3.8) is 0 Å². The van der Waals surface area contributed by atoms with Crippen LogP contribution in [-0.2, 0) is 0 Å². The van der Waals surface area contributed by atoms with Crippen molar-refractivity contribution in [3.8, 4) is 33.4 Å². The molecule has 3 heteroatoms. The highest BCUT2D eigenvalue weighted by Crippen LogP contribution is 2.50. The minimum absolute atomic E-state index is 0.0358. The van der Waals surface area contributed by atoms with Crippen LogP contribution in [0.5, 0.6) is 0 Å². The zero-order valence-corrected chi connectivity index (χ0v) is 39.9. The molecule has 72 heavy (non-hydrogen) atoms. The van der Waals surface area contributed by atoms with Gasteiger partial charge in [-0.1, -0.05) is 267 Å². The van der Waals surface area contributed by atoms with E-state index in [1.807, 2.05) is 0 Å². The molecule has 344 valence electrons. The lowest BCUT2D eigenvalue weighted by atomic mass is 9.77. The Kier molecular flexibility index (Phi) is 12.4. The Labute approximate surface area is 423 Å². The quantitative estimate of drug-likeness (QED) is 0.121. The molecule has 0 bridgehead atoms. The Morgan fingerprint density at radius 2 is 0.681 bits per heavy atom. The molecule has 0 aliphatic carbocycles. The van der Waals surface area contributed by atoms with Crippen LogP contribution in [0.25, 0.3) is 61.5 Å². The van der Waals surface area contributed by atoms with Gasteiger partial charge in [0.15, 0.2) is 0 Å². The van der Waals surface area contributed by atoms with E-state index in [2.05, 4.69) is 301 Å². The van der Waals surface area contributed by atoms with Crippen molar-refractivity contribution in [1.82, 2.24) is 16.0 Å². The van der Waals surface area contributed by atoms with E-state index in [4.69, 9.17) is 0 Å². The van der Waals surface area contributed by atoms with Gasteiger partial charge < -0.3 is 10.6 Å². The van der Waals surface area contributed by atoms with Gasteiger partial charge in [0.1, 0.15) is 6.17 Å². The van der Waals surface area contributed by atoms with Gasteiger partial charge in [-0.05, 0) is 107 Å². The van der Waals surface area contributed by atoms with Gasteiger partial charge in [-0.2, -0.15) is 0 Å². The highest BCUT2D eigenvalue weighted by Gasteiger charge is 2.33. The zero-order chi connectivity index (χ0) is 48.1. The van der Waals surface area contributed by atoms with E-state index >= 15 is 0 Å². The molecular formula is C69H53N3. The van der Waals surface area contributed by atoms with Crippen LogP contribution >= 0.6 is 0 Å². The normalized spacial score (nSPS) is 16.6. The predicted molar refractivity (Wildman–Crippen MR) is 301 cm³/mol. The van der Waals surface area contributed by atoms with Crippen molar-refractivity contribution in [3.05, 3.63) is 330 Å². The van der Waals surface area contributed by atoms with Crippen LogP contribution in [0.3, 0.4) is 0 Å². The van der Waals surface area contributed by atoms with Gasteiger partial charge in [-0.15, -0.1) is 0 Å². The number of allylic oxidation sites excluding steroid dienone is 2. The van der Waals surface area contributed by atoms with E-state index in [-0.39, 0.29) is 18.2 Å². The molecule has 0 aromatic heterocycles. The van der Waals surface area contributed by atoms with E-state index in [0.29, 0.717) is 0 Å². The number of nitrogens with one attached hydrogen (secondary N) is 3. The molecule has 12 rings (SSSR count). The highest BCUT2D eigenvalue weighted by molar-refractivity contribution is 6.24. The van der Waals surface area contributed by atoms with E-state index in [1.54, 1.807) is 0 Å². The Balaban J connectivity index is 0.915. The Morgan fingerprint density at radius 1 is 0.264 bits per heavy atom. The van der Waals surface area contributed by atoms with Crippen molar-refractivity contribution in [2.24, 2.45) is 0 Å². The SMILES string of the molecule is C1=C(c2cccc(-c3ccccc3)c2)NC(c2ccc(-c3ccc(C4=C(c5ccccc5)C(c5ccccc5)NC(c5ccccc5)=C4c4ccccc4)cc3)cc2)NC1c1cccc(-c2ccccc2)c1. The summed E-state index contributed by atoms with van der Waals surface area (Å²) in [5.74, 6) is 0. The minimum atomic E-state index is -0.144. The second-order valence-corrected chi connectivity index (χ2v) is 18.6. The van der Waals surface area contributed by atoms with Gasteiger partial charge in [-0.25, -0.2) is 0 Å². The lowest BCUT2D eigenvalue weighted by Gasteiger charge is -2.36. The number of benzene rings is 10. The average Bonchev–Trinajstić information content (AvgIpc) is 3.48. The van der Waals surface area contributed by atoms with Crippen LogP contribution in [0, 0.1) is 0 Å². The maximum Gasteiger partial charge on any atom is 0.104 e. The van der Waals surface area contributed by atoms with Crippen LogP contribution in [0.1, 0.15) is 62.8 Å². The first kappa shape index (κ1) is 44.2. The summed E-state index contributed by atoms with van der Waals surface area (Å²) in [7, 11) is 0. The van der Waals surface area contributed by atoms with Crippen molar-refractivity contribution in [2.75, 3.05) is 0 Å². The molecule has 0 saturated carbocycles. The molecular weight excluding hydrogens is 871 g/mol. The monoisotopic (exact) mass is 923 g/mol. The Morgan fingerprint density at radius 3 is 1.28 bits per heavy atom. The Bertz CT molecular complexity index is 3550. The summed E-state index contributed by atoms with van der Waals surface area (Å²) >= 11 is 0. The maximum absolute atomic E-state index is 4.10. The summed E-state index contributed by atoms with van der Waals surface area (Å²) in [5.41, 5.74) is 22.4. The summed E-state index contributed by atoms with van der Waals surface area (Å²) in [6.07, 6.45) is 2.19. The molecule has 2 aliphatic heterocycles. The lowest BCUT2D eigenvalue weighted by molar-refractivity contribution is 0.443. The number of dihydropyridines is 1. The molecule has 10 aromatic rings. The van der Waals surface area contributed by atoms with Gasteiger partial charge in [0.05, 0.1) is 17.8 Å². The largest absolute Gasteiger partial charge is 0.373 e. The summed E-state index contributed by atoms with van der Waals surface area (Å²) in [6, 6.07) is 101. The molecule has 3 unspecified atom stereocenters. The van der Waals surface area contributed by atoms with Gasteiger partial charge in [-0.3, -0.25) is 5.32 Å². The molecule has 0 saturated heterocycles. The maximum atomic E-state index is 4.10. The summed E-state index contributed by atoms with van der Waals surface area (Å²) in [5, 5.41) is 12.0. The van der Waals surface area contributed by atoms with Crippen LogP contribution in [0.15, 0.2) is 285 Å². The lowest BCUT2D eigenvalue weighted by Crippen LogP contribution is -2.39. The molecule has 0 fully saturated rings. The molecule has 3 atom stereocenters. The van der Waals surface area contributed by atoms with Crippen LogP contribution in [-0.4, -0.2) is 0 Å². The summed E-state index contributed by atoms with van der Waals surface area (Å²) in [4.78, 5) is 0. The fourth-order valence-electron chi connectivity index (χ4n) is 10.5. The van der Waals surface area contributed by atoms with Crippen molar-refractivity contribution in [2.45, 2.75) is 18.2 Å². The third-order valence-corrected chi connectivity index (χ3v) is 14.1. The molecule has 2 heterocycles. The third kappa shape index (κ3) is 9.13. The molecule has 0 spiro atoms. The summed E-state index contributed by atoms with van der Waals surface area (Å²) in [6.45, 7) is 0. The molecule has 0 radical (unpaired) electrons. The first-order valence-corrected chi connectivity index (χ1v) is 24.9. The Hall–Kier alpha value is -9.02. The molecule has 0 amide bonds. The minimum Gasteiger partial charge on any atom is -0.373 e. The van der Waals surface area contributed by atoms with Crippen LogP contribution in [0.4, 0.5) is 0 Å². The molecule has 2 aliphatic rings. The first-order chi connectivity index (χ1) is 35.7.